The van der Waals surface area contributed by atoms with E-state index in [0.29, 0.717) is 28.5 Å². The number of carbonyl (C=O) groups excluding carboxylic acids is 1. The molecule has 0 saturated carbocycles. The molecule has 2 aromatic heterocycles. The summed E-state index contributed by atoms with van der Waals surface area (Å²) in [4.78, 5) is 25.0. The molecule has 13 heteroatoms. The summed E-state index contributed by atoms with van der Waals surface area (Å²) in [5.41, 5.74) is 5.58. The van der Waals surface area contributed by atoms with Gasteiger partial charge in [-0.1, -0.05) is 11.6 Å². The Kier molecular flexibility index (Phi) is 8.38. The van der Waals surface area contributed by atoms with Crippen LogP contribution in [0.3, 0.4) is 0 Å². The van der Waals surface area contributed by atoms with Gasteiger partial charge in [0.1, 0.15) is 29.5 Å². The van der Waals surface area contributed by atoms with Crippen LogP contribution in [0.5, 0.6) is 5.75 Å². The van der Waals surface area contributed by atoms with E-state index in [2.05, 4.69) is 20.0 Å². The Morgan fingerprint density at radius 3 is 2.54 bits per heavy atom. The van der Waals surface area contributed by atoms with Crippen LogP contribution in [0.15, 0.2) is 36.9 Å². The number of carbonyl (C=O) groups is 1. The highest BCUT2D eigenvalue weighted by molar-refractivity contribution is 7.57. The molecule has 1 aromatic carbocycles. The van der Waals surface area contributed by atoms with Crippen LogP contribution in [0.2, 0.25) is 5.02 Å². The number of hydrogen-bond acceptors (Lipinski definition) is 9. The van der Waals surface area contributed by atoms with E-state index < -0.39 is 25.1 Å². The van der Waals surface area contributed by atoms with Crippen LogP contribution in [0.25, 0.3) is 11.2 Å². The van der Waals surface area contributed by atoms with E-state index in [1.807, 2.05) is 0 Å². The van der Waals surface area contributed by atoms with E-state index in [1.54, 1.807) is 69.8 Å². The molecule has 0 spiro atoms. The number of benzene rings is 1. The summed E-state index contributed by atoms with van der Waals surface area (Å²) in [5.74, 6) is 0.0211. The van der Waals surface area contributed by atoms with Crippen LogP contribution in [0.1, 0.15) is 34.6 Å². The molecule has 3 N–H and O–H groups in total. The third-order valence-corrected chi connectivity index (χ3v) is 6.93. The second-order valence-corrected chi connectivity index (χ2v) is 11.3. The van der Waals surface area contributed by atoms with Gasteiger partial charge in [0.25, 0.3) is 0 Å². The van der Waals surface area contributed by atoms with Gasteiger partial charge in [-0.3, -0.25) is 9.36 Å². The van der Waals surface area contributed by atoms with Crippen LogP contribution >= 0.6 is 19.1 Å². The number of ether oxygens (including phenoxy) is 2. The van der Waals surface area contributed by atoms with Crippen molar-refractivity contribution >= 4 is 42.1 Å². The third-order valence-electron chi connectivity index (χ3n) is 4.78. The summed E-state index contributed by atoms with van der Waals surface area (Å²) < 4.78 is 32.7. The summed E-state index contributed by atoms with van der Waals surface area (Å²) in [6.45, 7) is 8.77. The van der Waals surface area contributed by atoms with Gasteiger partial charge in [-0.15, -0.1) is 0 Å². The maximum atomic E-state index is 13.9. The van der Waals surface area contributed by atoms with Gasteiger partial charge in [0.05, 0.1) is 25.1 Å². The molecular formula is C22H30ClN6O5P. The number of imidazole rings is 1. The molecule has 0 aliphatic carbocycles. The van der Waals surface area contributed by atoms with E-state index in [4.69, 9.17) is 31.3 Å². The Bertz CT molecular complexity index is 1220. The summed E-state index contributed by atoms with van der Waals surface area (Å²) >= 11 is 5.95. The minimum atomic E-state index is -3.76. The van der Waals surface area contributed by atoms with Crippen molar-refractivity contribution in [2.24, 2.45) is 0 Å². The van der Waals surface area contributed by atoms with Crippen LogP contribution in [0, 0.1) is 0 Å². The second-order valence-electron chi connectivity index (χ2n) is 8.84. The Balaban J connectivity index is 1.76. The predicted molar refractivity (Wildman–Crippen MR) is 133 cm³/mol. The first kappa shape index (κ1) is 26.9. The van der Waals surface area contributed by atoms with Crippen molar-refractivity contribution in [2.75, 3.05) is 12.1 Å². The molecule has 0 aliphatic heterocycles. The first-order valence-corrected chi connectivity index (χ1v) is 13.1. The molecule has 35 heavy (non-hydrogen) atoms. The van der Waals surface area contributed by atoms with Gasteiger partial charge in [-0.05, 0) is 58.9 Å². The first-order chi connectivity index (χ1) is 16.4. The highest BCUT2D eigenvalue weighted by atomic mass is 35.5. The van der Waals surface area contributed by atoms with Gasteiger partial charge < -0.3 is 24.3 Å². The van der Waals surface area contributed by atoms with Gasteiger partial charge >= 0.3 is 13.5 Å². The predicted octanol–water partition coefficient (Wildman–Crippen LogP) is 4.02. The number of nitrogens with one attached hydrogen (secondary N) is 1. The number of nitrogens with zero attached hydrogens (tertiary/aromatic N) is 4. The second kappa shape index (κ2) is 10.9. The minimum Gasteiger partial charge on any atom is -0.462 e. The molecule has 0 radical (unpaired) electrons. The summed E-state index contributed by atoms with van der Waals surface area (Å²) in [6.07, 6.45) is 1.87. The zero-order chi connectivity index (χ0) is 25.8. The summed E-state index contributed by atoms with van der Waals surface area (Å²) in [5, 5.41) is 3.34. The van der Waals surface area contributed by atoms with Gasteiger partial charge in [0.15, 0.2) is 11.5 Å². The van der Waals surface area contributed by atoms with Gasteiger partial charge in [-0.2, -0.15) is 0 Å². The van der Waals surface area contributed by atoms with Crippen molar-refractivity contribution in [1.29, 1.82) is 0 Å². The Hall–Kier alpha value is -2.72. The van der Waals surface area contributed by atoms with Crippen molar-refractivity contribution in [3.8, 4) is 5.75 Å². The quantitative estimate of drug-likeness (QED) is 0.279. The Labute approximate surface area is 208 Å². The van der Waals surface area contributed by atoms with Crippen molar-refractivity contribution < 1.29 is 23.4 Å². The van der Waals surface area contributed by atoms with Crippen molar-refractivity contribution in [3.05, 3.63) is 41.9 Å². The molecule has 2 atom stereocenters. The number of rotatable bonds is 11. The maximum Gasteiger partial charge on any atom is 0.342 e. The third kappa shape index (κ3) is 7.14. The lowest BCUT2D eigenvalue weighted by Gasteiger charge is -2.31. The van der Waals surface area contributed by atoms with Crippen molar-refractivity contribution in [2.45, 2.75) is 58.9 Å². The minimum absolute atomic E-state index is 0.280. The largest absolute Gasteiger partial charge is 0.462 e. The zero-order valence-corrected chi connectivity index (χ0v) is 21.9. The number of esters is 1. The highest BCUT2D eigenvalue weighted by Gasteiger charge is 2.40. The number of nitrogen functional groups attached to an aromatic ring is 1. The van der Waals surface area contributed by atoms with Gasteiger partial charge in [0.2, 0.25) is 0 Å². The molecule has 3 aromatic rings. The Morgan fingerprint density at radius 2 is 1.89 bits per heavy atom. The molecular weight excluding hydrogens is 495 g/mol. The number of nitrogens with two attached hydrogens (primary N) is 1. The van der Waals surface area contributed by atoms with Crippen LogP contribution in [0.4, 0.5) is 5.82 Å². The van der Waals surface area contributed by atoms with Crippen molar-refractivity contribution in [1.82, 2.24) is 24.6 Å². The fourth-order valence-electron chi connectivity index (χ4n) is 3.17. The number of anilines is 1. The van der Waals surface area contributed by atoms with E-state index in [1.165, 1.54) is 6.33 Å². The van der Waals surface area contributed by atoms with E-state index in [-0.39, 0.29) is 18.3 Å². The standard InChI is InChI=1S/C22H30ClN6O5P/c1-14(2)33-21(30)22(4,5)28-35(31,34-17-8-6-16(23)7-9-17)13-32-15(3)10-29-12-27-18-19(24)25-11-26-20(18)29/h6-9,11-12,14-15H,10,13H2,1-5H3,(H,28,31)(H2,24,25,26)/t15-,35+/m1/s1. The topological polar surface area (TPSA) is 143 Å². The lowest BCUT2D eigenvalue weighted by molar-refractivity contribution is -0.153. The smallest absolute Gasteiger partial charge is 0.342 e. The maximum absolute atomic E-state index is 13.9. The highest BCUT2D eigenvalue weighted by Crippen LogP contribution is 2.45. The zero-order valence-electron chi connectivity index (χ0n) is 20.3. The van der Waals surface area contributed by atoms with Crippen LogP contribution in [-0.2, 0) is 25.4 Å². The molecule has 0 fully saturated rings. The fourth-order valence-corrected chi connectivity index (χ4v) is 5.31. The van der Waals surface area contributed by atoms with E-state index >= 15 is 0 Å². The first-order valence-electron chi connectivity index (χ1n) is 11.0. The van der Waals surface area contributed by atoms with Crippen molar-refractivity contribution in [3.63, 3.8) is 0 Å². The number of fused-ring (bicyclic) bond motifs is 1. The molecule has 0 bridgehead atoms. The molecule has 11 nitrogen and oxygen atoms in total. The molecule has 3 rings (SSSR count). The van der Waals surface area contributed by atoms with E-state index in [9.17, 15) is 9.36 Å². The number of halogens is 1. The SMILES string of the molecule is CC(C)OC(=O)C(C)(C)N[P@](=O)(CO[C@H](C)Cn1cnc2c(N)ncnc21)Oc1ccc(Cl)cc1. The lowest BCUT2D eigenvalue weighted by atomic mass is 10.1. The molecule has 0 unspecified atom stereocenters. The summed E-state index contributed by atoms with van der Waals surface area (Å²) in [7, 11) is -3.76. The number of hydrogen-bond donors (Lipinski definition) is 2. The summed E-state index contributed by atoms with van der Waals surface area (Å²) in [6, 6.07) is 6.39. The molecule has 0 saturated heterocycles. The van der Waals surface area contributed by atoms with E-state index in [0.717, 1.165) is 0 Å². The number of aromatic nitrogens is 4. The molecule has 0 aliphatic rings. The lowest BCUT2D eigenvalue weighted by Crippen LogP contribution is -2.48. The van der Waals surface area contributed by atoms with Gasteiger partial charge in [-0.25, -0.2) is 20.0 Å². The average Bonchev–Trinajstić information content (AvgIpc) is 3.17. The van der Waals surface area contributed by atoms with Gasteiger partial charge in [0, 0.05) is 5.02 Å². The molecule has 0 amide bonds. The normalized spacial score (nSPS) is 14.6. The van der Waals surface area contributed by atoms with Crippen LogP contribution < -0.4 is 15.3 Å². The van der Waals surface area contributed by atoms with Crippen LogP contribution in [-0.4, -0.2) is 49.6 Å². The fraction of sp³-hybridized carbons (Fsp3) is 0.455. The monoisotopic (exact) mass is 524 g/mol. The average molecular weight is 525 g/mol. The molecule has 190 valence electrons. The Morgan fingerprint density at radius 1 is 1.20 bits per heavy atom. The molecule has 2 heterocycles.